The number of ether oxygens (including phenoxy) is 2. The van der Waals surface area contributed by atoms with Crippen molar-refractivity contribution in [2.45, 2.75) is 38.7 Å². The number of halogens is 3. The van der Waals surface area contributed by atoms with Gasteiger partial charge >= 0.3 is 6.36 Å². The third-order valence-corrected chi connectivity index (χ3v) is 5.19. The second kappa shape index (κ2) is 9.28. The molecule has 2 unspecified atom stereocenters. The minimum atomic E-state index is -4.85. The van der Waals surface area contributed by atoms with Gasteiger partial charge < -0.3 is 20.0 Å². The number of nitrogens with zero attached hydrogens (tertiary/aromatic N) is 2. The first-order valence-electron chi connectivity index (χ1n) is 9.83. The summed E-state index contributed by atoms with van der Waals surface area (Å²) in [7, 11) is 1.27. The summed E-state index contributed by atoms with van der Waals surface area (Å²) in [5, 5.41) is 6.34. The molecule has 0 spiro atoms. The second-order valence-electron chi connectivity index (χ2n) is 7.28. The number of nitrogens with two attached hydrogens (primary N) is 1. The lowest BCUT2D eigenvalue weighted by Crippen LogP contribution is -2.41. The molecular weight excluding hydrogens is 411 g/mol. The van der Waals surface area contributed by atoms with Gasteiger partial charge in [0.2, 0.25) is 0 Å². The highest BCUT2D eigenvalue weighted by molar-refractivity contribution is 6.03. The second-order valence-corrected chi connectivity index (χ2v) is 7.28. The highest BCUT2D eigenvalue weighted by Gasteiger charge is 2.34. The molecule has 0 radical (unpaired) electrons. The molecule has 9 heteroatoms. The van der Waals surface area contributed by atoms with Crippen LogP contribution in [0, 0.1) is 5.92 Å². The standard InChI is InChI=1S/C22H24F3N3O3/c1-3-15-10-18(13-29)28(12-14-4-7-17(26)8-5-14)27-21(15)16-6-9-19(30-2)20(11-16)31-22(23,24)25/h4-9,11,13,15,18H,3,10,12,26H2,1-2H3. The molecule has 6 nitrogen and oxygen atoms in total. The average molecular weight is 435 g/mol. The van der Waals surface area contributed by atoms with Crippen molar-refractivity contribution in [1.82, 2.24) is 5.01 Å². The molecule has 0 amide bonds. The maximum absolute atomic E-state index is 12.8. The zero-order chi connectivity index (χ0) is 22.6. The molecule has 31 heavy (non-hydrogen) atoms. The Kier molecular flexibility index (Phi) is 6.72. The van der Waals surface area contributed by atoms with Gasteiger partial charge in [-0.1, -0.05) is 19.1 Å². The minimum absolute atomic E-state index is 0.0324. The van der Waals surface area contributed by atoms with Crippen LogP contribution in [0.3, 0.4) is 0 Å². The topological polar surface area (TPSA) is 77.2 Å². The Morgan fingerprint density at radius 2 is 1.90 bits per heavy atom. The molecule has 0 aliphatic carbocycles. The number of alkyl halides is 3. The molecular formula is C22H24F3N3O3. The van der Waals surface area contributed by atoms with Crippen LogP contribution in [0.25, 0.3) is 0 Å². The molecule has 166 valence electrons. The number of aldehydes is 1. The van der Waals surface area contributed by atoms with Gasteiger partial charge in [-0.25, -0.2) is 0 Å². The fraction of sp³-hybridized carbons (Fsp3) is 0.364. The highest BCUT2D eigenvalue weighted by atomic mass is 19.4. The van der Waals surface area contributed by atoms with E-state index >= 15 is 0 Å². The van der Waals surface area contributed by atoms with Gasteiger partial charge in [-0.3, -0.25) is 5.01 Å². The van der Waals surface area contributed by atoms with Gasteiger partial charge in [0, 0.05) is 17.2 Å². The largest absolute Gasteiger partial charge is 0.573 e. The molecule has 1 aliphatic rings. The van der Waals surface area contributed by atoms with Crippen molar-refractivity contribution < 1.29 is 27.4 Å². The van der Waals surface area contributed by atoms with E-state index in [1.54, 1.807) is 23.2 Å². The van der Waals surface area contributed by atoms with E-state index in [0.717, 1.165) is 11.8 Å². The summed E-state index contributed by atoms with van der Waals surface area (Å²) in [5.41, 5.74) is 8.35. The SMILES string of the molecule is CCC1CC(C=O)N(Cc2ccc(N)cc2)N=C1c1ccc(OC)c(OC(F)(F)F)c1. The third kappa shape index (κ3) is 5.48. The Hall–Kier alpha value is -3.23. The van der Waals surface area contributed by atoms with E-state index in [9.17, 15) is 18.0 Å². The van der Waals surface area contributed by atoms with E-state index in [1.165, 1.54) is 19.2 Å². The minimum Gasteiger partial charge on any atom is -0.493 e. The molecule has 2 aromatic carbocycles. The average Bonchev–Trinajstić information content (AvgIpc) is 2.74. The Morgan fingerprint density at radius 1 is 1.19 bits per heavy atom. The smallest absolute Gasteiger partial charge is 0.493 e. The molecule has 1 heterocycles. The summed E-state index contributed by atoms with van der Waals surface area (Å²) in [5.74, 6) is -0.562. The number of carbonyl (C=O) groups excluding carboxylic acids is 1. The van der Waals surface area contributed by atoms with Crippen molar-refractivity contribution in [3.63, 3.8) is 0 Å². The van der Waals surface area contributed by atoms with Crippen molar-refractivity contribution in [3.05, 3.63) is 53.6 Å². The zero-order valence-electron chi connectivity index (χ0n) is 17.2. The van der Waals surface area contributed by atoms with Crippen LogP contribution < -0.4 is 15.2 Å². The number of hydrazone groups is 1. The van der Waals surface area contributed by atoms with Crippen LogP contribution in [0.5, 0.6) is 11.5 Å². The summed E-state index contributed by atoms with van der Waals surface area (Å²) >= 11 is 0. The summed E-state index contributed by atoms with van der Waals surface area (Å²) in [6.45, 7) is 2.32. The van der Waals surface area contributed by atoms with Crippen LogP contribution in [-0.4, -0.2) is 36.5 Å². The van der Waals surface area contributed by atoms with E-state index in [0.29, 0.717) is 36.3 Å². The van der Waals surface area contributed by atoms with Crippen LogP contribution in [0.2, 0.25) is 0 Å². The first kappa shape index (κ1) is 22.5. The molecule has 2 aromatic rings. The first-order valence-corrected chi connectivity index (χ1v) is 9.83. The molecule has 0 bridgehead atoms. The van der Waals surface area contributed by atoms with Gasteiger partial charge in [-0.05, 0) is 48.7 Å². The van der Waals surface area contributed by atoms with E-state index in [4.69, 9.17) is 10.5 Å². The number of benzene rings is 2. The van der Waals surface area contributed by atoms with Crippen LogP contribution in [0.15, 0.2) is 47.6 Å². The van der Waals surface area contributed by atoms with Gasteiger partial charge in [0.15, 0.2) is 11.5 Å². The monoisotopic (exact) mass is 435 g/mol. The lowest BCUT2D eigenvalue weighted by atomic mass is 9.87. The fourth-order valence-corrected chi connectivity index (χ4v) is 3.60. The van der Waals surface area contributed by atoms with E-state index in [1.807, 2.05) is 19.1 Å². The number of methoxy groups -OCH3 is 1. The maximum Gasteiger partial charge on any atom is 0.573 e. The number of carbonyl (C=O) groups is 1. The molecule has 2 N–H and O–H groups in total. The third-order valence-electron chi connectivity index (χ3n) is 5.19. The van der Waals surface area contributed by atoms with Gasteiger partial charge in [0.1, 0.15) is 12.3 Å². The molecule has 1 aliphatic heterocycles. The summed E-state index contributed by atoms with van der Waals surface area (Å²) in [4.78, 5) is 11.7. The summed E-state index contributed by atoms with van der Waals surface area (Å²) in [6, 6.07) is 11.1. The summed E-state index contributed by atoms with van der Waals surface area (Å²) < 4.78 is 47.7. The van der Waals surface area contributed by atoms with Crippen LogP contribution in [0.4, 0.5) is 18.9 Å². The quantitative estimate of drug-likeness (QED) is 0.516. The molecule has 0 aromatic heterocycles. The van der Waals surface area contributed by atoms with Gasteiger partial charge in [0.05, 0.1) is 19.4 Å². The van der Waals surface area contributed by atoms with Crippen LogP contribution in [0.1, 0.15) is 30.9 Å². The molecule has 0 fully saturated rings. The predicted octanol–water partition coefficient (Wildman–Crippen LogP) is 4.38. The number of nitrogen functional groups attached to an aromatic ring is 1. The van der Waals surface area contributed by atoms with Crippen molar-refractivity contribution in [3.8, 4) is 11.5 Å². The normalized spacial score (nSPS) is 19.0. The van der Waals surface area contributed by atoms with E-state index in [2.05, 4.69) is 9.84 Å². The molecule has 3 rings (SSSR count). The van der Waals surface area contributed by atoms with Gasteiger partial charge in [-0.15, -0.1) is 13.2 Å². The van der Waals surface area contributed by atoms with Crippen molar-refractivity contribution in [2.75, 3.05) is 12.8 Å². The number of rotatable bonds is 7. The number of hydrogen-bond donors (Lipinski definition) is 1. The fourth-order valence-electron chi connectivity index (χ4n) is 3.60. The zero-order valence-corrected chi connectivity index (χ0v) is 17.2. The Balaban J connectivity index is 1.99. The lowest BCUT2D eigenvalue weighted by molar-refractivity contribution is -0.275. The van der Waals surface area contributed by atoms with Crippen molar-refractivity contribution in [2.24, 2.45) is 11.0 Å². The van der Waals surface area contributed by atoms with E-state index in [-0.39, 0.29) is 11.7 Å². The summed E-state index contributed by atoms with van der Waals surface area (Å²) in [6.07, 6.45) is -2.81. The van der Waals surface area contributed by atoms with E-state index < -0.39 is 18.2 Å². The Labute approximate surface area is 178 Å². The van der Waals surface area contributed by atoms with Gasteiger partial charge in [0.25, 0.3) is 0 Å². The lowest BCUT2D eigenvalue weighted by Gasteiger charge is -2.35. The number of anilines is 1. The molecule has 2 atom stereocenters. The van der Waals surface area contributed by atoms with Crippen molar-refractivity contribution in [1.29, 1.82) is 0 Å². The maximum atomic E-state index is 12.8. The van der Waals surface area contributed by atoms with Crippen LogP contribution >= 0.6 is 0 Å². The van der Waals surface area contributed by atoms with Crippen molar-refractivity contribution >= 4 is 17.7 Å². The Morgan fingerprint density at radius 3 is 2.48 bits per heavy atom. The Bertz CT molecular complexity index is 945. The van der Waals surface area contributed by atoms with Gasteiger partial charge in [-0.2, -0.15) is 5.10 Å². The van der Waals surface area contributed by atoms with Crippen LogP contribution in [-0.2, 0) is 11.3 Å². The number of hydrogen-bond acceptors (Lipinski definition) is 6. The molecule has 0 saturated carbocycles. The first-order chi connectivity index (χ1) is 14.7. The highest BCUT2D eigenvalue weighted by Crippen LogP contribution is 2.35. The molecule has 0 saturated heterocycles. The predicted molar refractivity (Wildman–Crippen MR) is 111 cm³/mol.